The summed E-state index contributed by atoms with van der Waals surface area (Å²) >= 11 is 0. The van der Waals surface area contributed by atoms with Crippen molar-refractivity contribution in [3.05, 3.63) is 27.7 Å². The van der Waals surface area contributed by atoms with Crippen molar-refractivity contribution < 1.29 is 9.53 Å². The van der Waals surface area contributed by atoms with Crippen LogP contribution in [0, 0.1) is 0 Å². The van der Waals surface area contributed by atoms with Gasteiger partial charge < -0.3 is 10.1 Å². The van der Waals surface area contributed by atoms with E-state index in [4.69, 9.17) is 4.74 Å². The van der Waals surface area contributed by atoms with E-state index < -0.39 is 6.04 Å². The van der Waals surface area contributed by atoms with Gasteiger partial charge in [0.15, 0.2) is 0 Å². The summed E-state index contributed by atoms with van der Waals surface area (Å²) < 4.78 is 6.61. The Morgan fingerprint density at radius 1 is 1.39 bits per heavy atom. The first-order valence-electron chi connectivity index (χ1n) is 8.34. The molecule has 7 heteroatoms. The van der Waals surface area contributed by atoms with Crippen molar-refractivity contribution in [1.82, 2.24) is 20.0 Å². The van der Waals surface area contributed by atoms with E-state index in [0.717, 1.165) is 63.4 Å². The van der Waals surface area contributed by atoms with Crippen LogP contribution in [0.5, 0.6) is 0 Å². The van der Waals surface area contributed by atoms with E-state index in [1.54, 1.807) is 13.0 Å². The molecule has 1 saturated heterocycles. The Morgan fingerprint density at radius 2 is 2.17 bits per heavy atom. The lowest BCUT2D eigenvalue weighted by molar-refractivity contribution is -0.124. The molecule has 0 bridgehead atoms. The molecule has 0 aromatic carbocycles. The van der Waals surface area contributed by atoms with Crippen LogP contribution in [0.3, 0.4) is 0 Å². The zero-order valence-corrected chi connectivity index (χ0v) is 13.6. The Hall–Kier alpha value is -1.73. The summed E-state index contributed by atoms with van der Waals surface area (Å²) in [6, 6.07) is 1.05. The lowest BCUT2D eigenvalue weighted by Gasteiger charge is -2.26. The average molecular weight is 320 g/mol. The maximum Gasteiger partial charge on any atom is 0.267 e. The summed E-state index contributed by atoms with van der Waals surface area (Å²) in [7, 11) is 0. The number of aromatic nitrogens is 2. The average Bonchev–Trinajstić information content (AvgIpc) is 3.01. The van der Waals surface area contributed by atoms with E-state index in [2.05, 4.69) is 15.3 Å². The largest absolute Gasteiger partial charge is 0.379 e. The molecule has 2 aliphatic rings. The third kappa shape index (κ3) is 3.79. The van der Waals surface area contributed by atoms with Crippen molar-refractivity contribution in [2.75, 3.05) is 39.4 Å². The summed E-state index contributed by atoms with van der Waals surface area (Å²) in [6.07, 6.45) is 2.84. The van der Waals surface area contributed by atoms with Gasteiger partial charge in [0.1, 0.15) is 6.04 Å². The highest BCUT2D eigenvalue weighted by Gasteiger charge is 2.21. The first-order valence-corrected chi connectivity index (χ1v) is 8.34. The Kier molecular flexibility index (Phi) is 5.07. The topological polar surface area (TPSA) is 76.5 Å². The number of carbonyl (C=O) groups is 1. The third-order valence-corrected chi connectivity index (χ3v) is 4.56. The van der Waals surface area contributed by atoms with Crippen molar-refractivity contribution in [2.45, 2.75) is 32.2 Å². The number of amides is 1. The highest BCUT2D eigenvalue weighted by atomic mass is 16.5. The first-order chi connectivity index (χ1) is 11.1. The number of morpholine rings is 1. The number of hydrogen-bond acceptors (Lipinski definition) is 5. The van der Waals surface area contributed by atoms with Gasteiger partial charge in [0.2, 0.25) is 5.91 Å². The van der Waals surface area contributed by atoms with Gasteiger partial charge in [0.25, 0.3) is 5.56 Å². The Balaban J connectivity index is 1.56. The van der Waals surface area contributed by atoms with E-state index in [9.17, 15) is 9.59 Å². The van der Waals surface area contributed by atoms with E-state index in [1.165, 1.54) is 4.68 Å². The molecule has 1 amide bonds. The molecule has 1 aliphatic carbocycles. The summed E-state index contributed by atoms with van der Waals surface area (Å²) in [6.45, 7) is 6.39. The quantitative estimate of drug-likeness (QED) is 0.809. The fourth-order valence-electron chi connectivity index (χ4n) is 3.11. The van der Waals surface area contributed by atoms with Gasteiger partial charge in [-0.15, -0.1) is 0 Å². The molecule has 0 saturated carbocycles. The molecule has 1 atom stereocenters. The molecule has 1 aromatic heterocycles. The van der Waals surface area contributed by atoms with Crippen LogP contribution in [0.15, 0.2) is 10.9 Å². The Bertz CT molecular complexity index is 622. The molecule has 1 unspecified atom stereocenters. The molecule has 1 fully saturated rings. The summed E-state index contributed by atoms with van der Waals surface area (Å²) in [4.78, 5) is 26.7. The summed E-state index contributed by atoms with van der Waals surface area (Å²) in [5, 5.41) is 7.29. The molecule has 7 nitrogen and oxygen atoms in total. The highest BCUT2D eigenvalue weighted by Crippen LogP contribution is 2.17. The number of nitrogens with zero attached hydrogens (tertiary/aromatic N) is 3. The maximum absolute atomic E-state index is 12.3. The zero-order valence-electron chi connectivity index (χ0n) is 13.6. The van der Waals surface area contributed by atoms with Crippen LogP contribution in [0.2, 0.25) is 0 Å². The van der Waals surface area contributed by atoms with Gasteiger partial charge in [-0.25, -0.2) is 4.68 Å². The van der Waals surface area contributed by atoms with Crippen molar-refractivity contribution in [1.29, 1.82) is 0 Å². The van der Waals surface area contributed by atoms with Gasteiger partial charge in [-0.2, -0.15) is 5.10 Å². The molecular weight excluding hydrogens is 296 g/mol. The van der Waals surface area contributed by atoms with Crippen LogP contribution in [-0.4, -0.2) is 60.0 Å². The van der Waals surface area contributed by atoms with E-state index in [-0.39, 0.29) is 11.5 Å². The molecule has 0 spiro atoms. The molecular formula is C16H24N4O3. The van der Waals surface area contributed by atoms with Crippen LogP contribution >= 0.6 is 0 Å². The number of rotatable bonds is 5. The number of fused-ring (bicyclic) bond motifs is 1. The second-order valence-electron chi connectivity index (χ2n) is 6.17. The third-order valence-electron chi connectivity index (χ3n) is 4.56. The Labute approximate surface area is 135 Å². The lowest BCUT2D eigenvalue weighted by atomic mass is 10.2. The predicted molar refractivity (Wildman–Crippen MR) is 85.5 cm³/mol. The fraction of sp³-hybridized carbons (Fsp3) is 0.688. The minimum absolute atomic E-state index is 0.161. The lowest BCUT2D eigenvalue weighted by Crippen LogP contribution is -2.43. The molecule has 3 rings (SSSR count). The van der Waals surface area contributed by atoms with Crippen LogP contribution in [0.4, 0.5) is 0 Å². The van der Waals surface area contributed by atoms with Gasteiger partial charge in [0, 0.05) is 32.2 Å². The number of aryl methyl sites for hydroxylation is 2. The van der Waals surface area contributed by atoms with E-state index in [0.29, 0.717) is 6.54 Å². The molecule has 0 radical (unpaired) electrons. The number of hydrogen-bond donors (Lipinski definition) is 1. The molecule has 1 N–H and O–H groups in total. The molecule has 126 valence electrons. The van der Waals surface area contributed by atoms with Crippen LogP contribution in [0.1, 0.15) is 30.6 Å². The van der Waals surface area contributed by atoms with Crippen LogP contribution in [-0.2, 0) is 22.4 Å². The molecule has 1 aliphatic heterocycles. The molecule has 1 aromatic rings. The SMILES string of the molecule is CC(C(=O)NCCN1CCOCC1)n1nc2c(cc1=O)CCC2. The first kappa shape index (κ1) is 16.1. The van der Waals surface area contributed by atoms with E-state index in [1.807, 2.05) is 0 Å². The normalized spacial score (nSPS) is 19.3. The van der Waals surface area contributed by atoms with Crippen molar-refractivity contribution in [3.8, 4) is 0 Å². The zero-order chi connectivity index (χ0) is 16.2. The fourth-order valence-corrected chi connectivity index (χ4v) is 3.11. The van der Waals surface area contributed by atoms with Gasteiger partial charge in [-0.3, -0.25) is 14.5 Å². The van der Waals surface area contributed by atoms with Gasteiger partial charge in [-0.05, 0) is 31.7 Å². The Morgan fingerprint density at radius 3 is 2.96 bits per heavy atom. The summed E-state index contributed by atoms with van der Waals surface area (Å²) in [5.41, 5.74) is 1.80. The standard InChI is InChI=1S/C16H24N4O3/c1-12(16(22)17-5-6-19-7-9-23-10-8-19)20-15(21)11-13-3-2-4-14(13)18-20/h11-12H,2-10H2,1H3,(H,17,22). The minimum atomic E-state index is -0.585. The number of nitrogens with one attached hydrogen (secondary N) is 1. The maximum atomic E-state index is 12.3. The van der Waals surface area contributed by atoms with Crippen LogP contribution < -0.4 is 10.9 Å². The number of ether oxygens (including phenoxy) is 1. The number of carbonyl (C=O) groups excluding carboxylic acids is 1. The van der Waals surface area contributed by atoms with Crippen molar-refractivity contribution in [2.24, 2.45) is 0 Å². The van der Waals surface area contributed by atoms with E-state index >= 15 is 0 Å². The molecule has 2 heterocycles. The predicted octanol–water partition coefficient (Wildman–Crippen LogP) is -0.259. The van der Waals surface area contributed by atoms with Gasteiger partial charge >= 0.3 is 0 Å². The van der Waals surface area contributed by atoms with Gasteiger partial charge in [0.05, 0.1) is 18.9 Å². The minimum Gasteiger partial charge on any atom is -0.379 e. The van der Waals surface area contributed by atoms with Gasteiger partial charge in [-0.1, -0.05) is 0 Å². The highest BCUT2D eigenvalue weighted by molar-refractivity contribution is 5.79. The monoisotopic (exact) mass is 320 g/mol. The second kappa shape index (κ2) is 7.23. The summed E-state index contributed by atoms with van der Waals surface area (Å²) in [5.74, 6) is -0.161. The van der Waals surface area contributed by atoms with Crippen LogP contribution in [0.25, 0.3) is 0 Å². The van der Waals surface area contributed by atoms with Crippen molar-refractivity contribution in [3.63, 3.8) is 0 Å². The van der Waals surface area contributed by atoms with Crippen molar-refractivity contribution >= 4 is 5.91 Å². The smallest absolute Gasteiger partial charge is 0.267 e. The molecule has 23 heavy (non-hydrogen) atoms. The second-order valence-corrected chi connectivity index (χ2v) is 6.17.